The molecule has 9 heteroatoms. The molecule has 0 aromatic heterocycles. The van der Waals surface area contributed by atoms with Gasteiger partial charge in [-0.25, -0.2) is 0 Å². The highest BCUT2D eigenvalue weighted by molar-refractivity contribution is 9.09. The lowest BCUT2D eigenvalue weighted by atomic mass is 9.70. The van der Waals surface area contributed by atoms with E-state index in [9.17, 15) is 19.5 Å². The SMILES string of the molecule is CC(C)[C@H](CO)N1C(=O)[C@@H]2[C@@H](C(=O)NCc3ccccc3)[C@@H]3SC2(CC3Br)C1C(=O)NCc1ccccc1. The second-order valence-electron chi connectivity index (χ2n) is 10.8. The molecule has 3 heterocycles. The first kappa shape index (κ1) is 27.2. The summed E-state index contributed by atoms with van der Waals surface area (Å²) in [6.07, 6.45) is 0.609. The van der Waals surface area contributed by atoms with E-state index in [2.05, 4.69) is 26.6 Å². The third-order valence-corrected chi connectivity index (χ3v) is 11.4. The van der Waals surface area contributed by atoms with Crippen molar-refractivity contribution in [3.8, 4) is 0 Å². The Bertz CT molecular complexity index is 1180. The Morgan fingerprint density at radius 2 is 1.58 bits per heavy atom. The van der Waals surface area contributed by atoms with Crippen LogP contribution in [-0.4, -0.2) is 61.2 Å². The molecule has 7 atom stereocenters. The van der Waals surface area contributed by atoms with Crippen LogP contribution in [0.1, 0.15) is 31.4 Å². The first-order valence-corrected chi connectivity index (χ1v) is 15.0. The number of rotatable bonds is 9. The number of carbonyl (C=O) groups excluding carboxylic acids is 3. The smallest absolute Gasteiger partial charge is 0.244 e. The molecule has 3 amide bonds. The molecular formula is C29H34BrN3O4S. The van der Waals surface area contributed by atoms with Crippen molar-refractivity contribution < 1.29 is 19.5 Å². The molecule has 3 aliphatic rings. The summed E-state index contributed by atoms with van der Waals surface area (Å²) in [4.78, 5) is 43.4. The van der Waals surface area contributed by atoms with E-state index < -0.39 is 28.7 Å². The average Bonchev–Trinajstić information content (AvgIpc) is 3.51. The van der Waals surface area contributed by atoms with Gasteiger partial charge in [-0.1, -0.05) is 90.4 Å². The van der Waals surface area contributed by atoms with Gasteiger partial charge >= 0.3 is 0 Å². The third-order valence-electron chi connectivity index (χ3n) is 8.21. The fourth-order valence-electron chi connectivity index (χ4n) is 6.43. The van der Waals surface area contributed by atoms with Crippen LogP contribution in [-0.2, 0) is 27.5 Å². The molecule has 5 rings (SSSR count). The van der Waals surface area contributed by atoms with E-state index in [1.165, 1.54) is 0 Å². The van der Waals surface area contributed by atoms with Gasteiger partial charge in [0.15, 0.2) is 0 Å². The molecule has 202 valence electrons. The van der Waals surface area contributed by atoms with Gasteiger partial charge in [-0.15, -0.1) is 11.8 Å². The quantitative estimate of drug-likeness (QED) is 0.385. The summed E-state index contributed by atoms with van der Waals surface area (Å²) in [6.45, 7) is 4.37. The Hall–Kier alpha value is -2.36. The van der Waals surface area contributed by atoms with E-state index in [-0.39, 0.29) is 40.3 Å². The summed E-state index contributed by atoms with van der Waals surface area (Å²) in [6, 6.07) is 18.1. The van der Waals surface area contributed by atoms with Gasteiger partial charge in [0.2, 0.25) is 17.7 Å². The van der Waals surface area contributed by atoms with Gasteiger partial charge in [0.05, 0.1) is 29.2 Å². The lowest BCUT2D eigenvalue weighted by Gasteiger charge is -2.38. The minimum atomic E-state index is -0.773. The van der Waals surface area contributed by atoms with E-state index in [0.29, 0.717) is 19.5 Å². The minimum Gasteiger partial charge on any atom is -0.394 e. The Balaban J connectivity index is 1.46. The van der Waals surface area contributed by atoms with E-state index in [1.807, 2.05) is 74.5 Å². The predicted octanol–water partition coefficient (Wildman–Crippen LogP) is 3.10. The van der Waals surface area contributed by atoms with Gasteiger partial charge in [0, 0.05) is 23.2 Å². The second-order valence-corrected chi connectivity index (χ2v) is 13.5. The normalized spacial score (nSPS) is 30.4. The van der Waals surface area contributed by atoms with Crippen LogP contribution >= 0.6 is 27.7 Å². The van der Waals surface area contributed by atoms with Gasteiger partial charge in [0.1, 0.15) is 6.04 Å². The van der Waals surface area contributed by atoms with Crippen molar-refractivity contribution in [2.24, 2.45) is 17.8 Å². The lowest BCUT2D eigenvalue weighted by molar-refractivity contribution is -0.143. The van der Waals surface area contributed by atoms with E-state index in [0.717, 1.165) is 11.1 Å². The number of nitrogens with zero attached hydrogens (tertiary/aromatic N) is 1. The summed E-state index contributed by atoms with van der Waals surface area (Å²) < 4.78 is -0.742. The van der Waals surface area contributed by atoms with Gasteiger partial charge in [-0.3, -0.25) is 14.4 Å². The molecule has 0 saturated carbocycles. The number of likely N-dealkylation sites (tertiary alicyclic amines) is 1. The molecular weight excluding hydrogens is 566 g/mol. The number of fused-ring (bicyclic) bond motifs is 1. The van der Waals surface area contributed by atoms with Crippen LogP contribution < -0.4 is 10.6 Å². The predicted molar refractivity (Wildman–Crippen MR) is 151 cm³/mol. The summed E-state index contributed by atoms with van der Waals surface area (Å²) in [5.41, 5.74) is 1.95. The molecule has 0 aliphatic carbocycles. The van der Waals surface area contributed by atoms with Crippen molar-refractivity contribution >= 4 is 45.4 Å². The van der Waals surface area contributed by atoms with E-state index in [1.54, 1.807) is 16.7 Å². The maximum Gasteiger partial charge on any atom is 0.244 e. The molecule has 38 heavy (non-hydrogen) atoms. The van der Waals surface area contributed by atoms with Crippen LogP contribution in [0, 0.1) is 17.8 Å². The molecule has 3 fully saturated rings. The molecule has 1 spiro atoms. The maximum atomic E-state index is 14.2. The number of aliphatic hydroxyl groups excluding tert-OH is 1. The molecule has 3 saturated heterocycles. The fourth-order valence-corrected chi connectivity index (χ4v) is 10.0. The fraction of sp³-hybridized carbons (Fsp3) is 0.483. The largest absolute Gasteiger partial charge is 0.394 e. The van der Waals surface area contributed by atoms with Gasteiger partial charge in [0.25, 0.3) is 0 Å². The number of nitrogens with one attached hydrogen (secondary N) is 2. The van der Waals surface area contributed by atoms with Crippen LogP contribution in [0.2, 0.25) is 0 Å². The van der Waals surface area contributed by atoms with Crippen LogP contribution in [0.3, 0.4) is 0 Å². The van der Waals surface area contributed by atoms with E-state index >= 15 is 0 Å². The lowest BCUT2D eigenvalue weighted by Crippen LogP contribution is -2.57. The first-order valence-electron chi connectivity index (χ1n) is 13.2. The van der Waals surface area contributed by atoms with E-state index in [4.69, 9.17) is 0 Å². The maximum absolute atomic E-state index is 14.2. The second kappa shape index (κ2) is 11.0. The number of thioether (sulfide) groups is 1. The first-order chi connectivity index (χ1) is 18.3. The number of carbonyl (C=O) groups is 3. The van der Waals surface area contributed by atoms with Crippen molar-refractivity contribution in [2.75, 3.05) is 6.61 Å². The van der Waals surface area contributed by atoms with Crippen LogP contribution in [0.5, 0.6) is 0 Å². The monoisotopic (exact) mass is 599 g/mol. The topological polar surface area (TPSA) is 98.7 Å². The van der Waals surface area contributed by atoms with Crippen molar-refractivity contribution in [3.63, 3.8) is 0 Å². The number of hydrogen-bond donors (Lipinski definition) is 3. The van der Waals surface area contributed by atoms with Gasteiger partial charge in [-0.05, 0) is 23.5 Å². The summed E-state index contributed by atoms with van der Waals surface area (Å²) >= 11 is 5.40. The zero-order valence-electron chi connectivity index (χ0n) is 21.5. The molecule has 2 aromatic carbocycles. The highest BCUT2D eigenvalue weighted by Gasteiger charge is 2.76. The Kier molecular flexibility index (Phi) is 7.89. The summed E-state index contributed by atoms with van der Waals surface area (Å²) in [5, 5.41) is 16.3. The third kappa shape index (κ3) is 4.67. The van der Waals surface area contributed by atoms with Crippen molar-refractivity contribution in [1.29, 1.82) is 0 Å². The highest BCUT2D eigenvalue weighted by Crippen LogP contribution is 2.68. The number of benzene rings is 2. The van der Waals surface area contributed by atoms with Gasteiger partial charge in [-0.2, -0.15) is 0 Å². The van der Waals surface area contributed by atoms with Crippen LogP contribution in [0.4, 0.5) is 0 Å². The number of halogens is 1. The minimum absolute atomic E-state index is 0.0000233. The molecule has 3 aliphatic heterocycles. The van der Waals surface area contributed by atoms with Crippen molar-refractivity contribution in [3.05, 3.63) is 71.8 Å². The van der Waals surface area contributed by atoms with Crippen LogP contribution in [0.15, 0.2) is 60.7 Å². The Labute approximate surface area is 236 Å². The summed E-state index contributed by atoms with van der Waals surface area (Å²) in [7, 11) is 0. The zero-order valence-corrected chi connectivity index (χ0v) is 24.0. The Morgan fingerprint density at radius 1 is 1.03 bits per heavy atom. The Morgan fingerprint density at radius 3 is 2.11 bits per heavy atom. The summed E-state index contributed by atoms with van der Waals surface area (Å²) in [5.74, 6) is -1.84. The molecule has 7 nitrogen and oxygen atoms in total. The number of amides is 3. The molecule has 0 radical (unpaired) electrons. The number of aliphatic hydroxyl groups is 1. The van der Waals surface area contributed by atoms with Gasteiger partial charge < -0.3 is 20.6 Å². The van der Waals surface area contributed by atoms with Crippen molar-refractivity contribution in [2.45, 2.75) is 60.3 Å². The number of alkyl halides is 1. The van der Waals surface area contributed by atoms with Crippen molar-refractivity contribution in [1.82, 2.24) is 15.5 Å². The average molecular weight is 601 g/mol. The molecule has 3 unspecified atom stereocenters. The highest BCUT2D eigenvalue weighted by atomic mass is 79.9. The molecule has 2 aromatic rings. The molecule has 3 N–H and O–H groups in total. The standard InChI is InChI=1S/C29H34BrN3O4S/c1-17(2)21(16-34)33-25(27(36)32-15-19-11-7-4-8-12-19)29-13-20(30)24(38-29)22(23(29)28(33)37)26(35)31-14-18-9-5-3-6-10-18/h3-12,17,20-25,34H,13-16H2,1-2H3,(H,31,35)(H,32,36)/t20?,21-,22+,23-,24+,25?,29?/m0/s1. The van der Waals surface area contributed by atoms with Crippen LogP contribution in [0.25, 0.3) is 0 Å². The number of hydrogen-bond acceptors (Lipinski definition) is 5. The zero-order chi connectivity index (χ0) is 27.0. The molecule has 2 bridgehead atoms.